The van der Waals surface area contributed by atoms with Gasteiger partial charge in [-0.2, -0.15) is 0 Å². The van der Waals surface area contributed by atoms with Crippen molar-refractivity contribution in [2.75, 3.05) is 20.6 Å². The maximum atomic E-state index is 11.5. The highest BCUT2D eigenvalue weighted by atomic mass is 16.3. The third kappa shape index (κ3) is 5.47. The van der Waals surface area contributed by atoms with Crippen LogP contribution < -0.4 is 5.32 Å². The van der Waals surface area contributed by atoms with E-state index >= 15 is 0 Å². The highest BCUT2D eigenvalue weighted by Crippen LogP contribution is 2.04. The molecule has 4 heteroatoms. The van der Waals surface area contributed by atoms with Gasteiger partial charge in [0.25, 0.3) is 0 Å². The third-order valence-corrected chi connectivity index (χ3v) is 2.45. The number of benzene rings is 1. The Morgan fingerprint density at radius 1 is 1.35 bits per heavy atom. The Bertz CT molecular complexity index is 364. The van der Waals surface area contributed by atoms with Gasteiger partial charge < -0.3 is 15.3 Å². The number of rotatable bonds is 6. The van der Waals surface area contributed by atoms with Gasteiger partial charge in [0.1, 0.15) is 0 Å². The number of hydrogen-bond acceptors (Lipinski definition) is 3. The van der Waals surface area contributed by atoms with Crippen LogP contribution in [0.3, 0.4) is 0 Å². The second-order valence-electron chi connectivity index (χ2n) is 4.31. The van der Waals surface area contributed by atoms with Crippen LogP contribution >= 0.6 is 0 Å². The van der Waals surface area contributed by atoms with Crippen LogP contribution in [0, 0.1) is 0 Å². The third-order valence-electron chi connectivity index (χ3n) is 2.45. The van der Waals surface area contributed by atoms with Crippen molar-refractivity contribution in [1.82, 2.24) is 10.2 Å². The maximum absolute atomic E-state index is 11.5. The highest BCUT2D eigenvalue weighted by molar-refractivity contribution is 5.76. The fourth-order valence-corrected chi connectivity index (χ4v) is 1.45. The number of aliphatic hydroxyl groups is 1. The molecule has 0 aliphatic heterocycles. The lowest BCUT2D eigenvalue weighted by Gasteiger charge is -2.10. The lowest BCUT2D eigenvalue weighted by Crippen LogP contribution is -2.26. The van der Waals surface area contributed by atoms with Crippen LogP contribution in [0.2, 0.25) is 0 Å². The number of hydrogen-bond donors (Lipinski definition) is 2. The Labute approximate surface area is 102 Å². The molecule has 2 N–H and O–H groups in total. The predicted molar refractivity (Wildman–Crippen MR) is 67.4 cm³/mol. The molecule has 1 rings (SSSR count). The van der Waals surface area contributed by atoms with Crippen molar-refractivity contribution in [3.05, 3.63) is 35.4 Å². The minimum atomic E-state index is 0.0302. The summed E-state index contributed by atoms with van der Waals surface area (Å²) in [6, 6.07) is 7.57. The number of nitrogens with one attached hydrogen (secondary N) is 1. The minimum absolute atomic E-state index is 0.0302. The summed E-state index contributed by atoms with van der Waals surface area (Å²) in [6.45, 7) is 1.30. The van der Waals surface area contributed by atoms with Crippen molar-refractivity contribution in [3.8, 4) is 0 Å². The standard InChI is InChI=1S/C13H20N2O2/c1-15(2)7-6-13(17)14-9-11-4-3-5-12(8-11)10-16/h3-5,8,16H,6-7,9-10H2,1-2H3,(H,14,17). The first-order chi connectivity index (χ1) is 8.11. The van der Waals surface area contributed by atoms with E-state index < -0.39 is 0 Å². The van der Waals surface area contributed by atoms with Gasteiger partial charge in [-0.3, -0.25) is 4.79 Å². The summed E-state index contributed by atoms with van der Waals surface area (Å²) < 4.78 is 0. The molecule has 0 aliphatic rings. The molecule has 0 unspecified atom stereocenters. The zero-order chi connectivity index (χ0) is 12.7. The molecule has 0 heterocycles. The van der Waals surface area contributed by atoms with Gasteiger partial charge in [0.05, 0.1) is 6.61 Å². The van der Waals surface area contributed by atoms with Gasteiger partial charge in [-0.1, -0.05) is 24.3 Å². The van der Waals surface area contributed by atoms with Crippen LogP contribution in [0.4, 0.5) is 0 Å². The van der Waals surface area contributed by atoms with Crippen molar-refractivity contribution in [1.29, 1.82) is 0 Å². The molecule has 1 amide bonds. The van der Waals surface area contributed by atoms with Crippen LogP contribution in [0.25, 0.3) is 0 Å². The summed E-state index contributed by atoms with van der Waals surface area (Å²) in [4.78, 5) is 13.5. The lowest BCUT2D eigenvalue weighted by atomic mass is 10.1. The van der Waals surface area contributed by atoms with E-state index in [-0.39, 0.29) is 12.5 Å². The minimum Gasteiger partial charge on any atom is -0.392 e. The van der Waals surface area contributed by atoms with Crippen molar-refractivity contribution in [2.45, 2.75) is 19.6 Å². The van der Waals surface area contributed by atoms with Crippen LogP contribution in [-0.4, -0.2) is 36.6 Å². The second kappa shape index (κ2) is 7.04. The monoisotopic (exact) mass is 236 g/mol. The van der Waals surface area contributed by atoms with E-state index in [2.05, 4.69) is 5.32 Å². The molecular weight excluding hydrogens is 216 g/mol. The summed E-state index contributed by atoms with van der Waals surface area (Å²) in [5.41, 5.74) is 1.87. The predicted octanol–water partition coefficient (Wildman–Crippen LogP) is 0.747. The smallest absolute Gasteiger partial charge is 0.221 e. The molecule has 1 aromatic rings. The molecule has 0 saturated carbocycles. The van der Waals surface area contributed by atoms with Crippen LogP contribution in [-0.2, 0) is 17.9 Å². The van der Waals surface area contributed by atoms with Gasteiger partial charge in [-0.15, -0.1) is 0 Å². The maximum Gasteiger partial charge on any atom is 0.221 e. The number of carbonyl (C=O) groups excluding carboxylic acids is 1. The van der Waals surface area contributed by atoms with Gasteiger partial charge >= 0.3 is 0 Å². The van der Waals surface area contributed by atoms with Crippen molar-refractivity contribution in [3.63, 3.8) is 0 Å². The quantitative estimate of drug-likeness (QED) is 0.766. The van der Waals surface area contributed by atoms with E-state index in [1.165, 1.54) is 0 Å². The normalized spacial score (nSPS) is 10.6. The molecule has 4 nitrogen and oxygen atoms in total. The van der Waals surface area contributed by atoms with Gasteiger partial charge in [-0.25, -0.2) is 0 Å². The largest absolute Gasteiger partial charge is 0.392 e. The first-order valence-corrected chi connectivity index (χ1v) is 5.72. The molecule has 94 valence electrons. The summed E-state index contributed by atoms with van der Waals surface area (Å²) in [6.07, 6.45) is 0.507. The van der Waals surface area contributed by atoms with E-state index in [1.807, 2.05) is 43.3 Å². The molecule has 0 saturated heterocycles. The number of amides is 1. The summed E-state index contributed by atoms with van der Waals surface area (Å²) in [5.74, 6) is 0.0492. The molecular formula is C13H20N2O2. The Morgan fingerprint density at radius 2 is 2.06 bits per heavy atom. The lowest BCUT2D eigenvalue weighted by molar-refractivity contribution is -0.121. The molecule has 17 heavy (non-hydrogen) atoms. The molecule has 0 radical (unpaired) electrons. The summed E-state index contributed by atoms with van der Waals surface area (Å²) >= 11 is 0. The van der Waals surface area contributed by atoms with Gasteiger partial charge in [-0.05, 0) is 25.2 Å². The Kier molecular flexibility index (Phi) is 5.66. The Morgan fingerprint density at radius 3 is 2.71 bits per heavy atom. The molecule has 0 aliphatic carbocycles. The van der Waals surface area contributed by atoms with Crippen LogP contribution in [0.15, 0.2) is 24.3 Å². The van der Waals surface area contributed by atoms with E-state index in [1.54, 1.807) is 0 Å². The van der Waals surface area contributed by atoms with E-state index in [4.69, 9.17) is 5.11 Å². The van der Waals surface area contributed by atoms with E-state index in [9.17, 15) is 4.79 Å². The molecule has 0 atom stereocenters. The average molecular weight is 236 g/mol. The second-order valence-corrected chi connectivity index (χ2v) is 4.31. The molecule has 0 fully saturated rings. The zero-order valence-electron chi connectivity index (χ0n) is 10.4. The fraction of sp³-hybridized carbons (Fsp3) is 0.462. The first-order valence-electron chi connectivity index (χ1n) is 5.72. The topological polar surface area (TPSA) is 52.6 Å². The van der Waals surface area contributed by atoms with E-state index in [0.717, 1.165) is 17.7 Å². The number of aliphatic hydroxyl groups excluding tert-OH is 1. The Balaban J connectivity index is 2.36. The van der Waals surface area contributed by atoms with Crippen molar-refractivity contribution in [2.24, 2.45) is 0 Å². The Hall–Kier alpha value is -1.39. The van der Waals surface area contributed by atoms with Gasteiger partial charge in [0.2, 0.25) is 5.91 Å². The molecule has 0 bridgehead atoms. The zero-order valence-corrected chi connectivity index (χ0v) is 10.4. The molecule has 0 aromatic heterocycles. The van der Waals surface area contributed by atoms with Crippen molar-refractivity contribution >= 4 is 5.91 Å². The van der Waals surface area contributed by atoms with Crippen LogP contribution in [0.1, 0.15) is 17.5 Å². The number of carbonyl (C=O) groups is 1. The summed E-state index contributed by atoms with van der Waals surface area (Å²) in [7, 11) is 3.88. The SMILES string of the molecule is CN(C)CCC(=O)NCc1cccc(CO)c1. The average Bonchev–Trinajstić information content (AvgIpc) is 2.34. The fourth-order valence-electron chi connectivity index (χ4n) is 1.45. The van der Waals surface area contributed by atoms with Gasteiger partial charge in [0, 0.05) is 19.5 Å². The van der Waals surface area contributed by atoms with Crippen molar-refractivity contribution < 1.29 is 9.90 Å². The molecule has 1 aromatic carbocycles. The van der Waals surface area contributed by atoms with Gasteiger partial charge in [0.15, 0.2) is 0 Å². The first kappa shape index (κ1) is 13.7. The summed E-state index contributed by atoms with van der Waals surface area (Å²) in [5, 5.41) is 11.9. The highest BCUT2D eigenvalue weighted by Gasteiger charge is 2.02. The van der Waals surface area contributed by atoms with E-state index in [0.29, 0.717) is 13.0 Å². The molecule has 0 spiro atoms. The van der Waals surface area contributed by atoms with Crippen LogP contribution in [0.5, 0.6) is 0 Å². The number of nitrogens with zero attached hydrogens (tertiary/aromatic N) is 1.